The summed E-state index contributed by atoms with van der Waals surface area (Å²) in [5.74, 6) is 0.0261. The molecule has 0 bridgehead atoms. The second-order valence-corrected chi connectivity index (χ2v) is 4.99. The van der Waals surface area contributed by atoms with Crippen molar-refractivity contribution in [2.45, 2.75) is 77.2 Å². The van der Waals surface area contributed by atoms with Crippen molar-refractivity contribution < 1.29 is 14.6 Å². The first-order valence-corrected chi connectivity index (χ1v) is 7.42. The highest BCUT2D eigenvalue weighted by Gasteiger charge is 2.13. The average Bonchev–Trinajstić information content (AvgIpc) is 2.37. The van der Waals surface area contributed by atoms with E-state index in [2.05, 4.69) is 6.92 Å². The number of ether oxygens (including phenoxy) is 1. The molecule has 0 radical (unpaired) electrons. The molecule has 18 heavy (non-hydrogen) atoms. The summed E-state index contributed by atoms with van der Waals surface area (Å²) in [6.45, 7) is 2.94. The molecule has 0 aliphatic carbocycles. The zero-order valence-corrected chi connectivity index (χ0v) is 12.1. The van der Waals surface area contributed by atoms with E-state index in [4.69, 9.17) is 4.74 Å². The predicted octanol–water partition coefficient (Wildman–Crippen LogP) is 3.48. The number of hydrogen-bond acceptors (Lipinski definition) is 3. The SMILES string of the molecule is CCCCCCCC(=O)C(O)CCCCCOC. The van der Waals surface area contributed by atoms with Crippen molar-refractivity contribution >= 4 is 5.78 Å². The summed E-state index contributed by atoms with van der Waals surface area (Å²) in [7, 11) is 1.69. The summed E-state index contributed by atoms with van der Waals surface area (Å²) < 4.78 is 4.95. The van der Waals surface area contributed by atoms with Crippen LogP contribution in [-0.2, 0) is 9.53 Å². The molecule has 0 rings (SSSR count). The molecule has 3 nitrogen and oxygen atoms in total. The molecular weight excluding hydrogens is 228 g/mol. The zero-order chi connectivity index (χ0) is 13.6. The Morgan fingerprint density at radius 3 is 2.39 bits per heavy atom. The fourth-order valence-electron chi connectivity index (χ4n) is 1.99. The third-order valence-corrected chi connectivity index (χ3v) is 3.22. The minimum atomic E-state index is -0.737. The van der Waals surface area contributed by atoms with Crippen molar-refractivity contribution in [1.29, 1.82) is 0 Å². The van der Waals surface area contributed by atoms with Gasteiger partial charge in [0.25, 0.3) is 0 Å². The second kappa shape index (κ2) is 13.0. The van der Waals surface area contributed by atoms with Gasteiger partial charge in [-0.25, -0.2) is 0 Å². The molecule has 0 aliphatic heterocycles. The van der Waals surface area contributed by atoms with Gasteiger partial charge >= 0.3 is 0 Å². The maximum atomic E-state index is 11.6. The van der Waals surface area contributed by atoms with Crippen LogP contribution in [0.4, 0.5) is 0 Å². The van der Waals surface area contributed by atoms with Crippen LogP contribution in [0.2, 0.25) is 0 Å². The van der Waals surface area contributed by atoms with Gasteiger partial charge in [0.05, 0.1) is 0 Å². The van der Waals surface area contributed by atoms with Crippen molar-refractivity contribution in [2.24, 2.45) is 0 Å². The van der Waals surface area contributed by atoms with Crippen molar-refractivity contribution in [3.8, 4) is 0 Å². The lowest BCUT2D eigenvalue weighted by atomic mass is 10.0. The lowest BCUT2D eigenvalue weighted by molar-refractivity contribution is -0.127. The number of aliphatic hydroxyl groups excluding tert-OH is 1. The first-order valence-electron chi connectivity index (χ1n) is 7.42. The number of ketones is 1. The smallest absolute Gasteiger partial charge is 0.161 e. The Bertz CT molecular complexity index is 192. The molecule has 1 atom stereocenters. The van der Waals surface area contributed by atoms with Crippen LogP contribution >= 0.6 is 0 Å². The highest BCUT2D eigenvalue weighted by Crippen LogP contribution is 2.10. The number of carbonyl (C=O) groups excluding carboxylic acids is 1. The molecule has 0 aliphatic rings. The molecule has 0 saturated carbocycles. The number of carbonyl (C=O) groups is 1. The Kier molecular flexibility index (Phi) is 12.7. The first kappa shape index (κ1) is 17.6. The van der Waals surface area contributed by atoms with E-state index in [0.29, 0.717) is 12.8 Å². The summed E-state index contributed by atoms with van der Waals surface area (Å²) in [6.07, 6.45) is 9.07. The Morgan fingerprint density at radius 2 is 1.72 bits per heavy atom. The minimum absolute atomic E-state index is 0.0261. The van der Waals surface area contributed by atoms with Crippen LogP contribution in [0, 0.1) is 0 Å². The fourth-order valence-corrected chi connectivity index (χ4v) is 1.99. The van der Waals surface area contributed by atoms with E-state index < -0.39 is 6.10 Å². The van der Waals surface area contributed by atoms with Crippen LogP contribution in [0.15, 0.2) is 0 Å². The number of methoxy groups -OCH3 is 1. The largest absolute Gasteiger partial charge is 0.385 e. The van der Waals surface area contributed by atoms with Crippen LogP contribution < -0.4 is 0 Å². The lowest BCUT2D eigenvalue weighted by Gasteiger charge is -2.09. The van der Waals surface area contributed by atoms with Crippen LogP contribution in [0.3, 0.4) is 0 Å². The molecule has 0 fully saturated rings. The summed E-state index contributed by atoms with van der Waals surface area (Å²) in [6, 6.07) is 0. The maximum Gasteiger partial charge on any atom is 0.161 e. The van der Waals surface area contributed by atoms with Gasteiger partial charge < -0.3 is 9.84 Å². The van der Waals surface area contributed by atoms with Crippen molar-refractivity contribution in [2.75, 3.05) is 13.7 Å². The van der Waals surface area contributed by atoms with E-state index in [9.17, 15) is 9.90 Å². The fraction of sp³-hybridized carbons (Fsp3) is 0.933. The average molecular weight is 258 g/mol. The normalized spacial score (nSPS) is 12.6. The van der Waals surface area contributed by atoms with Crippen molar-refractivity contribution in [3.05, 3.63) is 0 Å². The quantitative estimate of drug-likeness (QED) is 0.514. The van der Waals surface area contributed by atoms with E-state index in [1.807, 2.05) is 0 Å². The topological polar surface area (TPSA) is 46.5 Å². The Balaban J connectivity index is 3.39. The maximum absolute atomic E-state index is 11.6. The molecule has 0 amide bonds. The van der Waals surface area contributed by atoms with Gasteiger partial charge in [-0.1, -0.05) is 45.4 Å². The van der Waals surface area contributed by atoms with Gasteiger partial charge in [0.15, 0.2) is 5.78 Å². The Morgan fingerprint density at radius 1 is 1.06 bits per heavy atom. The number of unbranched alkanes of at least 4 members (excludes halogenated alkanes) is 6. The standard InChI is InChI=1S/C15H30O3/c1-3-4-5-6-8-11-14(16)15(17)12-9-7-10-13-18-2/h15,17H,3-13H2,1-2H3. The first-order chi connectivity index (χ1) is 8.72. The number of rotatable bonds is 13. The van der Waals surface area contributed by atoms with E-state index >= 15 is 0 Å². The number of Topliss-reactive ketones (excluding diaryl/α,β-unsaturated/α-hetero) is 1. The van der Waals surface area contributed by atoms with E-state index in [0.717, 1.165) is 38.7 Å². The second-order valence-electron chi connectivity index (χ2n) is 4.99. The van der Waals surface area contributed by atoms with Crippen LogP contribution in [0.25, 0.3) is 0 Å². The number of hydrogen-bond donors (Lipinski definition) is 1. The summed E-state index contributed by atoms with van der Waals surface area (Å²) in [5.41, 5.74) is 0. The molecular formula is C15H30O3. The highest BCUT2D eigenvalue weighted by molar-refractivity contribution is 5.82. The number of aliphatic hydroxyl groups is 1. The van der Waals surface area contributed by atoms with Crippen molar-refractivity contribution in [1.82, 2.24) is 0 Å². The molecule has 0 spiro atoms. The molecule has 0 aromatic rings. The van der Waals surface area contributed by atoms with E-state index in [1.54, 1.807) is 7.11 Å². The van der Waals surface area contributed by atoms with Gasteiger partial charge in [-0.2, -0.15) is 0 Å². The minimum Gasteiger partial charge on any atom is -0.385 e. The molecule has 0 aromatic heterocycles. The van der Waals surface area contributed by atoms with Crippen LogP contribution in [0.1, 0.15) is 71.1 Å². The molecule has 1 N–H and O–H groups in total. The molecule has 0 saturated heterocycles. The molecule has 1 unspecified atom stereocenters. The molecule has 108 valence electrons. The van der Waals surface area contributed by atoms with Crippen LogP contribution in [0.5, 0.6) is 0 Å². The summed E-state index contributed by atoms with van der Waals surface area (Å²) in [4.78, 5) is 11.6. The molecule has 0 aromatic carbocycles. The van der Waals surface area contributed by atoms with Crippen LogP contribution in [-0.4, -0.2) is 30.7 Å². The van der Waals surface area contributed by atoms with Gasteiger partial charge in [-0.05, 0) is 19.3 Å². The highest BCUT2D eigenvalue weighted by atomic mass is 16.5. The lowest BCUT2D eigenvalue weighted by Crippen LogP contribution is -2.19. The van der Waals surface area contributed by atoms with E-state index in [1.165, 1.54) is 19.3 Å². The summed E-state index contributed by atoms with van der Waals surface area (Å²) in [5, 5.41) is 9.70. The summed E-state index contributed by atoms with van der Waals surface area (Å²) >= 11 is 0. The Hall–Kier alpha value is -0.410. The Labute approximate surface area is 112 Å². The predicted molar refractivity (Wildman–Crippen MR) is 74.7 cm³/mol. The van der Waals surface area contributed by atoms with Gasteiger partial charge in [-0.3, -0.25) is 4.79 Å². The van der Waals surface area contributed by atoms with Gasteiger partial charge in [0.1, 0.15) is 6.10 Å². The monoisotopic (exact) mass is 258 g/mol. The van der Waals surface area contributed by atoms with E-state index in [-0.39, 0.29) is 5.78 Å². The van der Waals surface area contributed by atoms with Gasteiger partial charge in [0.2, 0.25) is 0 Å². The third-order valence-electron chi connectivity index (χ3n) is 3.22. The zero-order valence-electron chi connectivity index (χ0n) is 12.1. The van der Waals surface area contributed by atoms with Gasteiger partial charge in [0, 0.05) is 20.1 Å². The van der Waals surface area contributed by atoms with Gasteiger partial charge in [-0.15, -0.1) is 0 Å². The van der Waals surface area contributed by atoms with Crippen molar-refractivity contribution in [3.63, 3.8) is 0 Å². The molecule has 0 heterocycles. The molecule has 3 heteroatoms. The third kappa shape index (κ3) is 10.7.